The lowest BCUT2D eigenvalue weighted by Gasteiger charge is -2.10. The van der Waals surface area contributed by atoms with Gasteiger partial charge in [0.1, 0.15) is 4.64 Å². The lowest BCUT2D eigenvalue weighted by Crippen LogP contribution is -1.97. The minimum atomic E-state index is 0.675. The number of benzene rings is 1. The Morgan fingerprint density at radius 1 is 1.20 bits per heavy atom. The van der Waals surface area contributed by atoms with E-state index in [1.165, 1.54) is 5.39 Å². The molecular formula is C16H15N3S. The number of nitrogens with zero attached hydrogens (tertiary/aromatic N) is 2. The Kier molecular flexibility index (Phi) is 3.56. The van der Waals surface area contributed by atoms with Gasteiger partial charge in [-0.05, 0) is 11.8 Å². The molecule has 0 saturated heterocycles. The Morgan fingerprint density at radius 3 is 2.90 bits per heavy atom. The number of aromatic amines is 1. The molecule has 0 amide bonds. The molecule has 3 rings (SSSR count). The maximum Gasteiger partial charge on any atom is 0.133 e. The molecule has 0 fully saturated rings. The van der Waals surface area contributed by atoms with Crippen LogP contribution in [-0.4, -0.2) is 15.0 Å². The molecule has 100 valence electrons. The summed E-state index contributed by atoms with van der Waals surface area (Å²) in [6, 6.07) is 8.25. The summed E-state index contributed by atoms with van der Waals surface area (Å²) in [5.74, 6) is 0. The van der Waals surface area contributed by atoms with Gasteiger partial charge in [-0.3, -0.25) is 4.98 Å². The highest BCUT2D eigenvalue weighted by atomic mass is 32.1. The number of aromatic nitrogens is 3. The average molecular weight is 281 g/mol. The highest BCUT2D eigenvalue weighted by molar-refractivity contribution is 7.71. The smallest absolute Gasteiger partial charge is 0.133 e. The number of H-pyrrole nitrogens is 1. The Labute approximate surface area is 122 Å². The van der Waals surface area contributed by atoms with Crippen molar-refractivity contribution < 1.29 is 0 Å². The summed E-state index contributed by atoms with van der Waals surface area (Å²) in [6.07, 6.45) is 7.39. The summed E-state index contributed by atoms with van der Waals surface area (Å²) < 4.78 is 0.675. The van der Waals surface area contributed by atoms with Gasteiger partial charge in [-0.25, -0.2) is 4.98 Å². The van der Waals surface area contributed by atoms with Gasteiger partial charge in [0, 0.05) is 28.9 Å². The molecule has 3 nitrogen and oxygen atoms in total. The molecule has 1 N–H and O–H groups in total. The van der Waals surface area contributed by atoms with E-state index in [4.69, 9.17) is 12.2 Å². The fraction of sp³-hybridized carbons (Fsp3) is 0.188. The third-order valence-electron chi connectivity index (χ3n) is 3.39. The van der Waals surface area contributed by atoms with Crippen molar-refractivity contribution in [3.05, 3.63) is 53.2 Å². The van der Waals surface area contributed by atoms with Gasteiger partial charge in [0.2, 0.25) is 0 Å². The topological polar surface area (TPSA) is 41.6 Å². The van der Waals surface area contributed by atoms with Crippen molar-refractivity contribution in [3.8, 4) is 11.3 Å². The van der Waals surface area contributed by atoms with Crippen molar-refractivity contribution >= 4 is 23.0 Å². The first kappa shape index (κ1) is 12.9. The number of fused-ring (bicyclic) bond motifs is 1. The monoisotopic (exact) mass is 281 g/mol. The average Bonchev–Trinajstić information content (AvgIpc) is 2.49. The number of hydrogen-bond donors (Lipinski definition) is 1. The van der Waals surface area contributed by atoms with Crippen LogP contribution in [0.4, 0.5) is 0 Å². The summed E-state index contributed by atoms with van der Waals surface area (Å²) in [4.78, 5) is 11.8. The van der Waals surface area contributed by atoms with E-state index in [9.17, 15) is 0 Å². The Hall–Kier alpha value is -2.07. The second kappa shape index (κ2) is 5.51. The molecule has 0 atom stereocenters. The summed E-state index contributed by atoms with van der Waals surface area (Å²) in [5, 5.41) is 2.31. The molecule has 0 spiro atoms. The van der Waals surface area contributed by atoms with Crippen LogP contribution in [0.15, 0.2) is 43.0 Å². The predicted octanol–water partition coefficient (Wildman–Crippen LogP) is 4.31. The van der Waals surface area contributed by atoms with Gasteiger partial charge in [0.15, 0.2) is 0 Å². The number of pyridine rings is 1. The molecule has 0 aliphatic heterocycles. The number of nitrogens with one attached hydrogen (secondary N) is 1. The maximum atomic E-state index is 5.38. The van der Waals surface area contributed by atoms with Gasteiger partial charge in [-0.2, -0.15) is 0 Å². The van der Waals surface area contributed by atoms with E-state index >= 15 is 0 Å². The highest BCUT2D eigenvalue weighted by Gasteiger charge is 2.10. The molecular weight excluding hydrogens is 266 g/mol. The van der Waals surface area contributed by atoms with Crippen LogP contribution in [0.1, 0.15) is 18.9 Å². The van der Waals surface area contributed by atoms with Crippen molar-refractivity contribution in [1.82, 2.24) is 15.0 Å². The zero-order valence-electron chi connectivity index (χ0n) is 11.3. The fourth-order valence-electron chi connectivity index (χ4n) is 2.47. The lowest BCUT2D eigenvalue weighted by molar-refractivity contribution is 0.898. The van der Waals surface area contributed by atoms with Crippen molar-refractivity contribution in [2.24, 2.45) is 0 Å². The van der Waals surface area contributed by atoms with E-state index < -0.39 is 0 Å². The van der Waals surface area contributed by atoms with Crippen molar-refractivity contribution in [2.75, 3.05) is 0 Å². The fourth-order valence-corrected chi connectivity index (χ4v) is 2.72. The molecule has 2 aromatic heterocycles. The number of rotatable bonds is 3. The van der Waals surface area contributed by atoms with Crippen molar-refractivity contribution in [3.63, 3.8) is 0 Å². The molecule has 0 unspecified atom stereocenters. The summed E-state index contributed by atoms with van der Waals surface area (Å²) in [7, 11) is 0. The van der Waals surface area contributed by atoms with Gasteiger partial charge >= 0.3 is 0 Å². The van der Waals surface area contributed by atoms with Crippen LogP contribution in [0.25, 0.3) is 22.0 Å². The molecule has 0 bridgehead atoms. The molecule has 2 heterocycles. The van der Waals surface area contributed by atoms with Crippen LogP contribution in [0.3, 0.4) is 0 Å². The van der Waals surface area contributed by atoms with Crippen LogP contribution in [0, 0.1) is 4.64 Å². The summed E-state index contributed by atoms with van der Waals surface area (Å²) in [6.45, 7) is 2.15. The van der Waals surface area contributed by atoms with Crippen molar-refractivity contribution in [2.45, 2.75) is 19.8 Å². The summed E-state index contributed by atoms with van der Waals surface area (Å²) >= 11 is 5.38. The predicted molar refractivity (Wildman–Crippen MR) is 84.2 cm³/mol. The minimum absolute atomic E-state index is 0.675. The van der Waals surface area contributed by atoms with Crippen LogP contribution < -0.4 is 0 Å². The quantitative estimate of drug-likeness (QED) is 0.727. The standard InChI is InChI=1S/C16H15N3S/c1-2-5-13-15(18-10-19-16(13)20)14-9-17-8-11-6-3-4-7-12(11)14/h3-4,6-10H,2,5H2,1H3,(H,18,19,20). The van der Waals surface area contributed by atoms with Crippen LogP contribution in [0.5, 0.6) is 0 Å². The van der Waals surface area contributed by atoms with E-state index in [2.05, 4.69) is 34.0 Å². The third kappa shape index (κ3) is 2.23. The molecule has 4 heteroatoms. The van der Waals surface area contributed by atoms with E-state index in [1.807, 2.05) is 24.5 Å². The lowest BCUT2D eigenvalue weighted by atomic mass is 10.0. The third-order valence-corrected chi connectivity index (χ3v) is 3.74. The van der Waals surface area contributed by atoms with E-state index in [0.29, 0.717) is 4.64 Å². The zero-order valence-corrected chi connectivity index (χ0v) is 12.1. The first-order chi connectivity index (χ1) is 9.81. The molecule has 0 saturated carbocycles. The van der Waals surface area contributed by atoms with Gasteiger partial charge < -0.3 is 4.98 Å². The SMILES string of the molecule is CCCc1c(-c2cncc3ccccc23)[nH]cnc1=S. The molecule has 0 radical (unpaired) electrons. The van der Waals surface area contributed by atoms with Crippen LogP contribution in [0.2, 0.25) is 0 Å². The zero-order chi connectivity index (χ0) is 13.9. The second-order valence-corrected chi connectivity index (χ2v) is 5.11. The molecule has 20 heavy (non-hydrogen) atoms. The molecule has 3 aromatic rings. The van der Waals surface area contributed by atoms with Crippen molar-refractivity contribution in [1.29, 1.82) is 0 Å². The van der Waals surface area contributed by atoms with Crippen LogP contribution >= 0.6 is 12.2 Å². The van der Waals surface area contributed by atoms with Gasteiger partial charge in [0.05, 0.1) is 12.0 Å². The molecule has 1 aromatic carbocycles. The van der Waals surface area contributed by atoms with E-state index in [1.54, 1.807) is 6.33 Å². The van der Waals surface area contributed by atoms with Gasteiger partial charge in [0.25, 0.3) is 0 Å². The summed E-state index contributed by atoms with van der Waals surface area (Å²) in [5.41, 5.74) is 3.22. The van der Waals surface area contributed by atoms with E-state index in [0.717, 1.165) is 35.0 Å². The van der Waals surface area contributed by atoms with Crippen LogP contribution in [-0.2, 0) is 6.42 Å². The number of hydrogen-bond acceptors (Lipinski definition) is 3. The highest BCUT2D eigenvalue weighted by Crippen LogP contribution is 2.29. The van der Waals surface area contributed by atoms with Gasteiger partial charge in [-0.1, -0.05) is 49.8 Å². The van der Waals surface area contributed by atoms with Gasteiger partial charge in [-0.15, -0.1) is 0 Å². The second-order valence-electron chi connectivity index (χ2n) is 4.72. The maximum absolute atomic E-state index is 5.38. The molecule has 0 aliphatic rings. The Balaban J connectivity index is 2.31. The minimum Gasteiger partial charge on any atom is -0.345 e. The normalized spacial score (nSPS) is 10.8. The Morgan fingerprint density at radius 2 is 2.05 bits per heavy atom. The largest absolute Gasteiger partial charge is 0.345 e. The molecule has 0 aliphatic carbocycles. The first-order valence-electron chi connectivity index (χ1n) is 6.71. The Bertz CT molecular complexity index is 803. The van der Waals surface area contributed by atoms with E-state index in [-0.39, 0.29) is 0 Å². The first-order valence-corrected chi connectivity index (χ1v) is 7.11.